The lowest BCUT2D eigenvalue weighted by Crippen LogP contribution is -2.51. The minimum atomic E-state index is -0.996. The summed E-state index contributed by atoms with van der Waals surface area (Å²) in [6.07, 6.45) is 0. The number of fused-ring (bicyclic) bond motifs is 2. The fourth-order valence-electron chi connectivity index (χ4n) is 4.81. The summed E-state index contributed by atoms with van der Waals surface area (Å²) in [5.74, 6) is -3.67. The van der Waals surface area contributed by atoms with Crippen molar-refractivity contribution in [3.63, 3.8) is 0 Å². The quantitative estimate of drug-likeness (QED) is 0.313. The second-order valence-corrected chi connectivity index (χ2v) is 8.49. The number of nitrogens with one attached hydrogen (secondary N) is 1. The molecule has 1 N–H and O–H groups in total. The Hall–Kier alpha value is -4.14. The third kappa shape index (κ3) is 4.44. The van der Waals surface area contributed by atoms with Gasteiger partial charge in [-0.05, 0) is 32.0 Å². The lowest BCUT2D eigenvalue weighted by Gasteiger charge is -2.39. The zero-order chi connectivity index (χ0) is 26.0. The SMILES string of the molecule is CCOC(=O)C1C(COC(C)=O)NC(C)=C(C(=O)OC)C1c1cccc2c(=O)c3ccccc3oc12. The summed E-state index contributed by atoms with van der Waals surface area (Å²) in [7, 11) is 1.25. The van der Waals surface area contributed by atoms with Crippen LogP contribution in [0.1, 0.15) is 32.3 Å². The minimum Gasteiger partial charge on any atom is -0.466 e. The molecule has 1 aromatic heterocycles. The topological polar surface area (TPSA) is 121 Å². The summed E-state index contributed by atoms with van der Waals surface area (Å²) in [5.41, 5.74) is 1.49. The molecule has 0 saturated carbocycles. The van der Waals surface area contributed by atoms with Gasteiger partial charge in [0.25, 0.3) is 0 Å². The smallest absolute Gasteiger partial charge is 0.336 e. The van der Waals surface area contributed by atoms with Crippen LogP contribution in [-0.2, 0) is 28.6 Å². The number of methoxy groups -OCH3 is 1. The van der Waals surface area contributed by atoms with Crippen LogP contribution >= 0.6 is 0 Å². The molecular weight excluding hydrogens is 466 g/mol. The number of esters is 3. The van der Waals surface area contributed by atoms with E-state index in [1.807, 2.05) is 0 Å². The van der Waals surface area contributed by atoms with E-state index in [1.165, 1.54) is 14.0 Å². The number of ether oxygens (including phenoxy) is 3. The first kappa shape index (κ1) is 25.0. The molecule has 9 nitrogen and oxygen atoms in total. The van der Waals surface area contributed by atoms with Gasteiger partial charge in [-0.3, -0.25) is 14.4 Å². The van der Waals surface area contributed by atoms with Gasteiger partial charge in [0.1, 0.15) is 17.8 Å². The third-order valence-electron chi connectivity index (χ3n) is 6.31. The van der Waals surface area contributed by atoms with Crippen LogP contribution in [0.2, 0.25) is 0 Å². The zero-order valence-corrected chi connectivity index (χ0v) is 20.5. The number of carbonyl (C=O) groups is 3. The number of hydrogen-bond donors (Lipinski definition) is 1. The third-order valence-corrected chi connectivity index (χ3v) is 6.31. The average Bonchev–Trinajstić information content (AvgIpc) is 2.86. The molecule has 36 heavy (non-hydrogen) atoms. The molecule has 2 aromatic carbocycles. The van der Waals surface area contributed by atoms with Crippen LogP contribution in [0, 0.1) is 5.92 Å². The van der Waals surface area contributed by atoms with E-state index in [2.05, 4.69) is 5.32 Å². The van der Waals surface area contributed by atoms with Crippen molar-refractivity contribution in [2.75, 3.05) is 20.3 Å². The minimum absolute atomic E-state index is 0.105. The summed E-state index contributed by atoms with van der Waals surface area (Å²) in [6.45, 7) is 4.59. The molecule has 0 aliphatic carbocycles. The van der Waals surface area contributed by atoms with E-state index in [1.54, 1.807) is 56.3 Å². The summed E-state index contributed by atoms with van der Waals surface area (Å²) < 4.78 is 21.9. The zero-order valence-electron chi connectivity index (χ0n) is 20.5. The molecule has 0 saturated heterocycles. The summed E-state index contributed by atoms with van der Waals surface area (Å²) >= 11 is 0. The molecule has 9 heteroatoms. The number of allylic oxidation sites excluding steroid dienone is 1. The highest BCUT2D eigenvalue weighted by atomic mass is 16.5. The van der Waals surface area contributed by atoms with Crippen LogP contribution in [0.3, 0.4) is 0 Å². The van der Waals surface area contributed by atoms with E-state index in [9.17, 15) is 19.2 Å². The van der Waals surface area contributed by atoms with Gasteiger partial charge in [-0.25, -0.2) is 4.79 Å². The molecule has 0 fully saturated rings. The van der Waals surface area contributed by atoms with Gasteiger partial charge in [0.2, 0.25) is 5.43 Å². The summed E-state index contributed by atoms with van der Waals surface area (Å²) in [6, 6.07) is 11.2. The molecule has 0 spiro atoms. The van der Waals surface area contributed by atoms with Gasteiger partial charge in [-0.1, -0.05) is 24.3 Å². The number of carbonyl (C=O) groups excluding carboxylic acids is 3. The Balaban J connectivity index is 2.02. The molecule has 0 bridgehead atoms. The van der Waals surface area contributed by atoms with Crippen LogP contribution in [0.4, 0.5) is 0 Å². The fourth-order valence-corrected chi connectivity index (χ4v) is 4.81. The molecular formula is C27H27NO8. The second-order valence-electron chi connectivity index (χ2n) is 8.49. The van der Waals surface area contributed by atoms with Crippen LogP contribution in [0.5, 0.6) is 0 Å². The van der Waals surface area contributed by atoms with E-state index in [4.69, 9.17) is 18.6 Å². The predicted molar refractivity (Wildman–Crippen MR) is 131 cm³/mol. The van der Waals surface area contributed by atoms with Gasteiger partial charge in [-0.2, -0.15) is 0 Å². The van der Waals surface area contributed by atoms with E-state index in [0.29, 0.717) is 27.6 Å². The van der Waals surface area contributed by atoms with Crippen molar-refractivity contribution in [1.82, 2.24) is 5.32 Å². The molecule has 188 valence electrons. The Morgan fingerprint density at radius 3 is 2.44 bits per heavy atom. The fraction of sp³-hybridized carbons (Fsp3) is 0.333. The van der Waals surface area contributed by atoms with Gasteiger partial charge >= 0.3 is 17.9 Å². The molecule has 2 heterocycles. The molecule has 4 rings (SSSR count). The maximum atomic E-state index is 13.3. The van der Waals surface area contributed by atoms with E-state index in [-0.39, 0.29) is 29.8 Å². The largest absolute Gasteiger partial charge is 0.466 e. The van der Waals surface area contributed by atoms with Gasteiger partial charge in [0.05, 0.1) is 42.0 Å². The molecule has 0 radical (unpaired) electrons. The Labute approximate surface area is 207 Å². The lowest BCUT2D eigenvalue weighted by molar-refractivity contribution is -0.153. The van der Waals surface area contributed by atoms with Crippen molar-refractivity contribution in [3.8, 4) is 0 Å². The Bertz CT molecular complexity index is 1440. The summed E-state index contributed by atoms with van der Waals surface area (Å²) in [5, 5.41) is 3.85. The van der Waals surface area contributed by atoms with E-state index < -0.39 is 35.8 Å². The van der Waals surface area contributed by atoms with Crippen molar-refractivity contribution in [2.45, 2.75) is 32.7 Å². The first-order valence-corrected chi connectivity index (χ1v) is 11.6. The standard InChI is InChI=1S/C27H27NO8/c1-5-34-27(32)23-19(13-35-15(3)29)28-14(2)21(26(31)33-4)22(23)17-10-8-11-18-24(30)16-9-6-7-12-20(16)36-25(17)18/h6-12,19,22-23,28H,5,13H2,1-4H3. The van der Waals surface area contributed by atoms with Gasteiger partial charge in [0, 0.05) is 24.1 Å². The van der Waals surface area contributed by atoms with Gasteiger partial charge in [-0.15, -0.1) is 0 Å². The number of benzene rings is 2. The molecule has 0 amide bonds. The highest BCUT2D eigenvalue weighted by Gasteiger charge is 2.47. The number of hydrogen-bond acceptors (Lipinski definition) is 9. The Kier molecular flexibility index (Phi) is 7.10. The maximum absolute atomic E-state index is 13.3. The molecule has 3 aromatic rings. The first-order valence-electron chi connectivity index (χ1n) is 11.6. The maximum Gasteiger partial charge on any atom is 0.336 e. The van der Waals surface area contributed by atoms with E-state index in [0.717, 1.165) is 0 Å². The van der Waals surface area contributed by atoms with Crippen molar-refractivity contribution >= 4 is 39.8 Å². The van der Waals surface area contributed by atoms with Crippen LogP contribution < -0.4 is 10.7 Å². The van der Waals surface area contributed by atoms with Crippen molar-refractivity contribution in [1.29, 1.82) is 0 Å². The number of rotatable bonds is 6. The normalized spacial score (nSPS) is 19.6. The predicted octanol–water partition coefficient (Wildman–Crippen LogP) is 3.19. The Morgan fingerprint density at radius 1 is 1.03 bits per heavy atom. The van der Waals surface area contributed by atoms with Crippen LogP contribution in [0.15, 0.2) is 62.9 Å². The van der Waals surface area contributed by atoms with Gasteiger partial charge in [0.15, 0.2) is 0 Å². The number of para-hydroxylation sites is 2. The van der Waals surface area contributed by atoms with Crippen LogP contribution in [0.25, 0.3) is 21.9 Å². The molecule has 1 aliphatic rings. The van der Waals surface area contributed by atoms with Crippen LogP contribution in [-0.4, -0.2) is 44.3 Å². The Morgan fingerprint density at radius 2 is 1.75 bits per heavy atom. The summed E-state index contributed by atoms with van der Waals surface area (Å²) in [4.78, 5) is 51.2. The molecule has 3 atom stereocenters. The highest BCUT2D eigenvalue weighted by molar-refractivity contribution is 5.97. The van der Waals surface area contributed by atoms with Gasteiger partial charge < -0.3 is 23.9 Å². The van der Waals surface area contributed by atoms with Crippen molar-refractivity contribution in [2.24, 2.45) is 5.92 Å². The molecule has 3 unspecified atom stereocenters. The average molecular weight is 494 g/mol. The second kappa shape index (κ2) is 10.2. The van der Waals surface area contributed by atoms with E-state index >= 15 is 0 Å². The van der Waals surface area contributed by atoms with Crippen molar-refractivity contribution < 1.29 is 33.0 Å². The first-order chi connectivity index (χ1) is 17.3. The lowest BCUT2D eigenvalue weighted by atomic mass is 9.73. The highest BCUT2D eigenvalue weighted by Crippen LogP contribution is 2.43. The molecule has 1 aliphatic heterocycles. The monoisotopic (exact) mass is 493 g/mol. The van der Waals surface area contributed by atoms with Crippen molar-refractivity contribution in [3.05, 3.63) is 69.5 Å².